The highest BCUT2D eigenvalue weighted by atomic mass is 16.6. The van der Waals surface area contributed by atoms with Gasteiger partial charge in [0.05, 0.1) is 0 Å². The van der Waals surface area contributed by atoms with Gasteiger partial charge in [-0.1, -0.05) is 300 Å². The van der Waals surface area contributed by atoms with Crippen LogP contribution in [0.2, 0.25) is 0 Å². The highest BCUT2D eigenvalue weighted by Crippen LogP contribution is 2.17. The first-order valence-corrected chi connectivity index (χ1v) is 32.8. The van der Waals surface area contributed by atoms with Crippen LogP contribution in [0.25, 0.3) is 0 Å². The van der Waals surface area contributed by atoms with Crippen LogP contribution < -0.4 is 0 Å². The van der Waals surface area contributed by atoms with E-state index in [1.165, 1.54) is 218 Å². The van der Waals surface area contributed by atoms with Crippen LogP contribution in [0.1, 0.15) is 342 Å². The summed E-state index contributed by atoms with van der Waals surface area (Å²) in [6, 6.07) is 0. The number of allylic oxidation sites excluding steroid dienone is 10. The summed E-state index contributed by atoms with van der Waals surface area (Å²) < 4.78 is 16.9. The molecule has 0 spiro atoms. The van der Waals surface area contributed by atoms with Crippen molar-refractivity contribution in [1.29, 1.82) is 0 Å². The molecule has 0 aliphatic heterocycles. The normalized spacial score (nSPS) is 12.4. The van der Waals surface area contributed by atoms with E-state index in [9.17, 15) is 14.4 Å². The third kappa shape index (κ3) is 61.8. The van der Waals surface area contributed by atoms with E-state index in [4.69, 9.17) is 14.2 Å². The molecule has 1 unspecified atom stereocenters. The summed E-state index contributed by atoms with van der Waals surface area (Å²) in [6.45, 7) is 6.56. The van der Waals surface area contributed by atoms with Gasteiger partial charge in [0.25, 0.3) is 0 Å². The smallest absolute Gasteiger partial charge is 0.306 e. The number of esters is 3. The van der Waals surface area contributed by atoms with Crippen LogP contribution in [0, 0.1) is 0 Å². The molecule has 0 rings (SSSR count). The van der Waals surface area contributed by atoms with Crippen LogP contribution in [-0.2, 0) is 28.6 Å². The van der Waals surface area contributed by atoms with Crippen molar-refractivity contribution in [3.63, 3.8) is 0 Å². The number of carbonyl (C=O) groups is 3. The van der Waals surface area contributed by atoms with Gasteiger partial charge in [0.1, 0.15) is 13.2 Å². The number of carbonyl (C=O) groups excluding carboxylic acids is 3. The van der Waals surface area contributed by atoms with Gasteiger partial charge in [0, 0.05) is 19.3 Å². The number of hydrogen-bond donors (Lipinski definition) is 0. The highest BCUT2D eigenvalue weighted by Gasteiger charge is 2.19. The number of ether oxygens (including phenoxy) is 3. The molecule has 0 saturated heterocycles. The van der Waals surface area contributed by atoms with Crippen LogP contribution in [0.15, 0.2) is 60.8 Å². The average Bonchev–Trinajstić information content (AvgIpc) is 3.41. The molecular weight excluding hydrogens is 925 g/mol. The van der Waals surface area contributed by atoms with Gasteiger partial charge in [-0.3, -0.25) is 14.4 Å². The van der Waals surface area contributed by atoms with Crippen molar-refractivity contribution < 1.29 is 28.6 Å². The van der Waals surface area contributed by atoms with Crippen LogP contribution >= 0.6 is 0 Å². The second-order valence-electron chi connectivity index (χ2n) is 22.0. The van der Waals surface area contributed by atoms with E-state index in [0.29, 0.717) is 19.3 Å². The molecule has 0 amide bonds. The van der Waals surface area contributed by atoms with E-state index in [0.717, 1.165) is 83.5 Å². The lowest BCUT2D eigenvalue weighted by Crippen LogP contribution is -2.30. The zero-order valence-corrected chi connectivity index (χ0v) is 50.1. The first kappa shape index (κ1) is 72.1. The molecule has 0 aromatic carbocycles. The molecule has 0 bridgehead atoms. The Morgan fingerprint density at radius 1 is 0.280 bits per heavy atom. The Labute approximate surface area is 466 Å². The standard InChI is InChI=1S/C69H124O6/c1-4-7-10-13-16-19-22-24-26-28-30-31-32-33-34-35-36-37-39-40-42-44-47-50-53-56-59-62-68(71)74-65-66(64-73-67(70)61-58-55-52-49-46-21-18-15-12-9-6-3)75-69(72)63-60-57-54-51-48-45-43-41-38-29-27-25-23-20-17-14-11-8-5-2/h7,10,16,19,24-27,30-31,66H,4-6,8-9,11-15,17-18,20-23,28-29,32-65H2,1-3H3/b10-7-,19-16-,26-24-,27-25-,31-30-. The SMILES string of the molecule is CC/C=C\C/C=C\C/C=C\C/C=C\CCCCCCCCCCCCCCCCC(=O)OCC(COC(=O)CCCCCCCCCCCCC)OC(=O)CCCCCCCCCCC/C=C\CCCCCCCC. The summed E-state index contributed by atoms with van der Waals surface area (Å²) in [5.74, 6) is -0.854. The first-order valence-electron chi connectivity index (χ1n) is 32.8. The van der Waals surface area contributed by atoms with E-state index >= 15 is 0 Å². The molecule has 75 heavy (non-hydrogen) atoms. The van der Waals surface area contributed by atoms with Gasteiger partial charge in [-0.25, -0.2) is 0 Å². The molecule has 0 aromatic heterocycles. The fourth-order valence-electron chi connectivity index (χ4n) is 9.61. The van der Waals surface area contributed by atoms with Gasteiger partial charge in [-0.15, -0.1) is 0 Å². The number of rotatable bonds is 60. The zero-order valence-electron chi connectivity index (χ0n) is 50.1. The number of hydrogen-bond acceptors (Lipinski definition) is 6. The summed E-state index contributed by atoms with van der Waals surface area (Å²) in [6.07, 6.45) is 80.9. The van der Waals surface area contributed by atoms with Crippen molar-refractivity contribution in [1.82, 2.24) is 0 Å². The van der Waals surface area contributed by atoms with Gasteiger partial charge >= 0.3 is 17.9 Å². The predicted molar refractivity (Wildman–Crippen MR) is 325 cm³/mol. The van der Waals surface area contributed by atoms with E-state index in [2.05, 4.69) is 81.5 Å². The van der Waals surface area contributed by atoms with Crippen molar-refractivity contribution in [2.24, 2.45) is 0 Å². The molecule has 0 fully saturated rings. The summed E-state index contributed by atoms with van der Waals surface area (Å²) in [5, 5.41) is 0. The zero-order chi connectivity index (χ0) is 54.3. The Hall–Kier alpha value is -2.89. The lowest BCUT2D eigenvalue weighted by molar-refractivity contribution is -0.167. The van der Waals surface area contributed by atoms with E-state index in [-0.39, 0.29) is 31.1 Å². The van der Waals surface area contributed by atoms with E-state index in [1.807, 2.05) is 0 Å². The largest absolute Gasteiger partial charge is 0.462 e. The van der Waals surface area contributed by atoms with Crippen LogP contribution in [0.5, 0.6) is 0 Å². The molecule has 0 heterocycles. The van der Waals surface area contributed by atoms with Crippen molar-refractivity contribution in [3.05, 3.63) is 60.8 Å². The Balaban J connectivity index is 4.21. The van der Waals surface area contributed by atoms with Gasteiger partial charge in [0.2, 0.25) is 0 Å². The minimum Gasteiger partial charge on any atom is -0.462 e. The average molecular weight is 1050 g/mol. The quantitative estimate of drug-likeness (QED) is 0.0261. The Morgan fingerprint density at radius 2 is 0.520 bits per heavy atom. The fraction of sp³-hybridized carbons (Fsp3) is 0.812. The van der Waals surface area contributed by atoms with E-state index in [1.54, 1.807) is 0 Å². The van der Waals surface area contributed by atoms with Crippen LogP contribution in [0.4, 0.5) is 0 Å². The third-order valence-corrected chi connectivity index (χ3v) is 14.5. The molecule has 0 saturated carbocycles. The molecule has 0 aliphatic rings. The Kier molecular flexibility index (Phi) is 61.2. The molecule has 1 atom stereocenters. The third-order valence-electron chi connectivity index (χ3n) is 14.5. The summed E-state index contributed by atoms with van der Waals surface area (Å²) in [7, 11) is 0. The van der Waals surface area contributed by atoms with Gasteiger partial charge < -0.3 is 14.2 Å². The van der Waals surface area contributed by atoms with Crippen molar-refractivity contribution in [3.8, 4) is 0 Å². The minimum absolute atomic E-state index is 0.0703. The topological polar surface area (TPSA) is 78.9 Å². The maximum absolute atomic E-state index is 12.9. The maximum Gasteiger partial charge on any atom is 0.306 e. The summed E-state index contributed by atoms with van der Waals surface area (Å²) in [5.41, 5.74) is 0. The summed E-state index contributed by atoms with van der Waals surface area (Å²) in [4.78, 5) is 38.3. The molecule has 0 aromatic rings. The van der Waals surface area contributed by atoms with Gasteiger partial charge in [-0.2, -0.15) is 0 Å². The van der Waals surface area contributed by atoms with Crippen LogP contribution in [0.3, 0.4) is 0 Å². The van der Waals surface area contributed by atoms with Crippen LogP contribution in [-0.4, -0.2) is 37.2 Å². The minimum atomic E-state index is -0.773. The van der Waals surface area contributed by atoms with Gasteiger partial charge in [0.15, 0.2) is 6.10 Å². The lowest BCUT2D eigenvalue weighted by atomic mass is 10.0. The molecule has 6 nitrogen and oxygen atoms in total. The predicted octanol–water partition coefficient (Wildman–Crippen LogP) is 22.3. The van der Waals surface area contributed by atoms with E-state index < -0.39 is 6.10 Å². The fourth-order valence-corrected chi connectivity index (χ4v) is 9.61. The second-order valence-corrected chi connectivity index (χ2v) is 22.0. The van der Waals surface area contributed by atoms with Crippen molar-refractivity contribution >= 4 is 17.9 Å². The second kappa shape index (κ2) is 63.6. The molecule has 436 valence electrons. The molecular formula is C69H124O6. The monoisotopic (exact) mass is 1050 g/mol. The lowest BCUT2D eigenvalue weighted by Gasteiger charge is -2.18. The Morgan fingerprint density at radius 3 is 0.827 bits per heavy atom. The molecule has 6 heteroatoms. The summed E-state index contributed by atoms with van der Waals surface area (Å²) >= 11 is 0. The maximum atomic E-state index is 12.9. The Bertz CT molecular complexity index is 1340. The molecule has 0 radical (unpaired) electrons. The molecule has 0 N–H and O–H groups in total. The van der Waals surface area contributed by atoms with Crippen molar-refractivity contribution in [2.45, 2.75) is 348 Å². The van der Waals surface area contributed by atoms with Crippen molar-refractivity contribution in [2.75, 3.05) is 13.2 Å². The first-order chi connectivity index (χ1) is 37.0. The molecule has 0 aliphatic carbocycles. The number of unbranched alkanes of at least 4 members (excludes halogenated alkanes) is 39. The van der Waals surface area contributed by atoms with Gasteiger partial charge in [-0.05, 0) is 83.5 Å². The highest BCUT2D eigenvalue weighted by molar-refractivity contribution is 5.71.